The van der Waals surface area contributed by atoms with Crippen LogP contribution in [0.4, 0.5) is 0 Å². The molecule has 212 valence electrons. The molecule has 0 bridgehead atoms. The average Bonchev–Trinajstić information content (AvgIpc) is 3.76. The topological polar surface area (TPSA) is 101 Å². The number of rotatable bonds is 11. The highest BCUT2D eigenvalue weighted by Crippen LogP contribution is 2.34. The van der Waals surface area contributed by atoms with Gasteiger partial charge in [0.2, 0.25) is 13.6 Å². The van der Waals surface area contributed by atoms with E-state index in [2.05, 4.69) is 15.2 Å². The van der Waals surface area contributed by atoms with E-state index in [9.17, 15) is 4.79 Å². The number of benzene rings is 3. The zero-order valence-electron chi connectivity index (χ0n) is 22.7. The quantitative estimate of drug-likeness (QED) is 0.272. The third-order valence-corrected chi connectivity index (χ3v) is 7.60. The van der Waals surface area contributed by atoms with Gasteiger partial charge in [-0.15, -0.1) is 11.3 Å². The number of thiazole rings is 1. The Morgan fingerprint density at radius 1 is 0.854 bits per heavy atom. The third-order valence-electron chi connectivity index (χ3n) is 6.76. The maximum absolute atomic E-state index is 12.9. The van der Waals surface area contributed by atoms with E-state index in [-0.39, 0.29) is 19.5 Å². The Morgan fingerprint density at radius 2 is 1.56 bits per heavy atom. The summed E-state index contributed by atoms with van der Waals surface area (Å²) in [7, 11) is 3.28. The van der Waals surface area contributed by atoms with E-state index < -0.39 is 0 Å². The number of nitrogens with one attached hydrogen (secondary N) is 1. The largest absolute Gasteiger partial charge is 0.497 e. The number of methoxy groups -OCH3 is 2. The molecule has 2 aliphatic heterocycles. The molecule has 0 aliphatic carbocycles. The van der Waals surface area contributed by atoms with Crippen LogP contribution in [-0.4, -0.2) is 43.6 Å². The molecule has 1 N–H and O–H groups in total. The normalized spacial score (nSPS) is 13.0. The van der Waals surface area contributed by atoms with Crippen molar-refractivity contribution in [3.05, 3.63) is 87.4 Å². The molecule has 0 saturated heterocycles. The van der Waals surface area contributed by atoms with Crippen LogP contribution in [0.3, 0.4) is 0 Å². The summed E-state index contributed by atoms with van der Waals surface area (Å²) in [6.07, 6.45) is 0. The van der Waals surface area contributed by atoms with E-state index in [0.29, 0.717) is 43.4 Å². The lowest BCUT2D eigenvalue weighted by molar-refractivity contribution is 0.0946. The monoisotopic (exact) mass is 575 g/mol. The molecule has 1 aromatic heterocycles. The molecule has 0 spiro atoms. The lowest BCUT2D eigenvalue weighted by Crippen LogP contribution is -2.24. The van der Waals surface area contributed by atoms with E-state index in [4.69, 9.17) is 28.4 Å². The van der Waals surface area contributed by atoms with Crippen LogP contribution in [0.2, 0.25) is 0 Å². The Labute approximate surface area is 241 Å². The number of carbonyl (C=O) groups excluding carboxylic acids is 1. The van der Waals surface area contributed by atoms with E-state index in [1.54, 1.807) is 19.6 Å². The van der Waals surface area contributed by atoms with Gasteiger partial charge in [-0.2, -0.15) is 0 Å². The van der Waals surface area contributed by atoms with Gasteiger partial charge in [-0.05, 0) is 41.5 Å². The third kappa shape index (κ3) is 6.16. The summed E-state index contributed by atoms with van der Waals surface area (Å²) in [5, 5.41) is 5.56. The SMILES string of the molecule is COc1ccc(CN(Cc2ccc3c(c2)OCO3)Cc2nc(C(=O)NCc3ccc4c(c3)OCO4)cs2)c(OC)c1. The number of carbonyl (C=O) groups is 1. The fraction of sp³-hybridized carbons (Fsp3) is 0.267. The molecule has 0 fully saturated rings. The van der Waals surface area contributed by atoms with E-state index in [1.807, 2.05) is 54.6 Å². The summed E-state index contributed by atoms with van der Waals surface area (Å²) in [6, 6.07) is 17.4. The molecular weight excluding hydrogens is 546 g/mol. The minimum atomic E-state index is -0.232. The van der Waals surface area contributed by atoms with Gasteiger partial charge in [0.05, 0.1) is 20.8 Å². The summed E-state index contributed by atoms with van der Waals surface area (Å²) in [5.74, 6) is 4.11. The first-order valence-corrected chi connectivity index (χ1v) is 13.9. The van der Waals surface area contributed by atoms with Crippen molar-refractivity contribution in [3.8, 4) is 34.5 Å². The van der Waals surface area contributed by atoms with Gasteiger partial charge in [-0.25, -0.2) is 4.98 Å². The Kier molecular flexibility index (Phi) is 7.79. The minimum absolute atomic E-state index is 0.212. The van der Waals surface area contributed by atoms with Crippen LogP contribution >= 0.6 is 11.3 Å². The van der Waals surface area contributed by atoms with Gasteiger partial charge in [0.25, 0.3) is 5.91 Å². The van der Waals surface area contributed by atoms with Crippen molar-refractivity contribution in [2.24, 2.45) is 0 Å². The number of nitrogens with zero attached hydrogens (tertiary/aromatic N) is 2. The molecule has 6 rings (SSSR count). The minimum Gasteiger partial charge on any atom is -0.497 e. The van der Waals surface area contributed by atoms with Crippen LogP contribution in [-0.2, 0) is 26.2 Å². The predicted molar refractivity (Wildman–Crippen MR) is 151 cm³/mol. The second kappa shape index (κ2) is 11.9. The molecule has 0 saturated carbocycles. The molecule has 41 heavy (non-hydrogen) atoms. The summed E-state index contributed by atoms with van der Waals surface area (Å²) in [5.41, 5.74) is 3.38. The lowest BCUT2D eigenvalue weighted by atomic mass is 10.1. The molecule has 11 heteroatoms. The highest BCUT2D eigenvalue weighted by Gasteiger charge is 2.19. The van der Waals surface area contributed by atoms with Gasteiger partial charge in [-0.3, -0.25) is 9.69 Å². The first-order chi connectivity index (χ1) is 20.1. The molecule has 2 aliphatic rings. The Hall–Kier alpha value is -4.48. The van der Waals surface area contributed by atoms with Crippen LogP contribution in [0.1, 0.15) is 32.2 Å². The van der Waals surface area contributed by atoms with Crippen LogP contribution in [0.15, 0.2) is 60.0 Å². The van der Waals surface area contributed by atoms with Gasteiger partial charge in [-0.1, -0.05) is 18.2 Å². The number of ether oxygens (including phenoxy) is 6. The lowest BCUT2D eigenvalue weighted by Gasteiger charge is -2.23. The number of hydrogen-bond donors (Lipinski definition) is 1. The Balaban J connectivity index is 1.16. The molecule has 10 nitrogen and oxygen atoms in total. The van der Waals surface area contributed by atoms with Crippen LogP contribution < -0.4 is 33.7 Å². The van der Waals surface area contributed by atoms with E-state index >= 15 is 0 Å². The first-order valence-electron chi connectivity index (χ1n) is 13.0. The van der Waals surface area contributed by atoms with Gasteiger partial charge in [0, 0.05) is 36.6 Å². The second-order valence-electron chi connectivity index (χ2n) is 9.51. The van der Waals surface area contributed by atoms with Gasteiger partial charge in [0.1, 0.15) is 22.2 Å². The Morgan fingerprint density at radius 3 is 2.29 bits per heavy atom. The van der Waals surface area contributed by atoms with Crippen molar-refractivity contribution in [3.63, 3.8) is 0 Å². The number of fused-ring (bicyclic) bond motifs is 2. The zero-order valence-corrected chi connectivity index (χ0v) is 23.5. The Bertz CT molecular complexity index is 1560. The predicted octanol–water partition coefficient (Wildman–Crippen LogP) is 4.75. The van der Waals surface area contributed by atoms with Crippen molar-refractivity contribution in [1.82, 2.24) is 15.2 Å². The van der Waals surface area contributed by atoms with Crippen molar-refractivity contribution in [2.75, 3.05) is 27.8 Å². The van der Waals surface area contributed by atoms with Crippen LogP contribution in [0.5, 0.6) is 34.5 Å². The fourth-order valence-electron chi connectivity index (χ4n) is 4.69. The smallest absolute Gasteiger partial charge is 0.271 e. The van der Waals surface area contributed by atoms with Crippen molar-refractivity contribution in [2.45, 2.75) is 26.2 Å². The van der Waals surface area contributed by atoms with Gasteiger partial charge in [0.15, 0.2) is 23.0 Å². The summed E-state index contributed by atoms with van der Waals surface area (Å²) in [4.78, 5) is 19.8. The molecular formula is C30H29N3O7S. The van der Waals surface area contributed by atoms with E-state index in [1.165, 1.54) is 11.3 Å². The van der Waals surface area contributed by atoms with Gasteiger partial charge < -0.3 is 33.7 Å². The summed E-state index contributed by atoms with van der Waals surface area (Å²) >= 11 is 1.46. The van der Waals surface area contributed by atoms with Crippen molar-refractivity contribution < 1.29 is 33.2 Å². The van der Waals surface area contributed by atoms with Crippen LogP contribution in [0.25, 0.3) is 0 Å². The van der Waals surface area contributed by atoms with E-state index in [0.717, 1.165) is 44.7 Å². The fourth-order valence-corrected chi connectivity index (χ4v) is 5.51. The number of amides is 1. The molecule has 4 aromatic rings. The molecule has 0 atom stereocenters. The standard InChI is InChI=1S/C30H29N3O7S/c1-35-22-6-5-21(26(11-22)36-2)14-33(13-20-4-8-25-28(10-20)40-18-38-25)15-29-32-23(16-41-29)30(34)31-12-19-3-7-24-27(9-19)39-17-37-24/h3-11,16H,12-15,17-18H2,1-2H3,(H,31,34). The van der Waals surface area contributed by atoms with Crippen LogP contribution in [0, 0.1) is 0 Å². The highest BCUT2D eigenvalue weighted by molar-refractivity contribution is 7.09. The highest BCUT2D eigenvalue weighted by atomic mass is 32.1. The molecule has 0 unspecified atom stereocenters. The maximum atomic E-state index is 12.9. The number of hydrogen-bond acceptors (Lipinski definition) is 10. The number of aromatic nitrogens is 1. The molecule has 1 amide bonds. The zero-order chi connectivity index (χ0) is 28.2. The molecule has 3 aromatic carbocycles. The average molecular weight is 576 g/mol. The molecule has 0 radical (unpaired) electrons. The first kappa shape index (κ1) is 26.7. The van der Waals surface area contributed by atoms with Gasteiger partial charge >= 0.3 is 0 Å². The van der Waals surface area contributed by atoms with Crippen molar-refractivity contribution >= 4 is 17.2 Å². The molecule has 3 heterocycles. The summed E-state index contributed by atoms with van der Waals surface area (Å²) in [6.45, 7) is 2.54. The summed E-state index contributed by atoms with van der Waals surface area (Å²) < 4.78 is 32.9. The van der Waals surface area contributed by atoms with Crippen molar-refractivity contribution in [1.29, 1.82) is 0 Å². The second-order valence-corrected chi connectivity index (χ2v) is 10.4. The maximum Gasteiger partial charge on any atom is 0.271 e.